The Morgan fingerprint density at radius 1 is 0.577 bits per heavy atom. The largest absolute Gasteiger partial charge is 0.469 e. The third-order valence-corrected chi connectivity index (χ3v) is 17.0. The lowest BCUT2D eigenvalue weighted by molar-refractivity contribution is -0.147. The van der Waals surface area contributed by atoms with Crippen molar-refractivity contribution in [2.45, 2.75) is 138 Å². The average Bonchev–Trinajstić information content (AvgIpc) is 3.97. The number of fused-ring (bicyclic) bond motifs is 6. The molecule has 19 nitrogen and oxygen atoms in total. The molecule has 71 heavy (non-hydrogen) atoms. The molecule has 1 unspecified atom stereocenters. The molecular formula is C52H75N5O14. The number of rotatable bonds is 18. The number of aliphatic imine (C=N–C) groups is 3. The summed E-state index contributed by atoms with van der Waals surface area (Å²) in [6.07, 6.45) is 0.0286. The van der Waals surface area contributed by atoms with Crippen molar-refractivity contribution in [2.75, 3.05) is 49.8 Å². The van der Waals surface area contributed by atoms with Gasteiger partial charge in [0.15, 0.2) is 0 Å². The van der Waals surface area contributed by atoms with E-state index in [1.54, 1.807) is 0 Å². The van der Waals surface area contributed by atoms with Gasteiger partial charge in [0.25, 0.3) is 0 Å². The summed E-state index contributed by atoms with van der Waals surface area (Å²) in [5, 5.41) is 3.68. The molecule has 0 radical (unpaired) electrons. The highest BCUT2D eigenvalue weighted by molar-refractivity contribution is 6.11. The van der Waals surface area contributed by atoms with Gasteiger partial charge in [-0.15, -0.1) is 0 Å². The summed E-state index contributed by atoms with van der Waals surface area (Å²) in [6.45, 7) is 15.4. The van der Waals surface area contributed by atoms with Gasteiger partial charge in [-0.25, -0.2) is 0 Å². The molecule has 0 aromatic carbocycles. The van der Waals surface area contributed by atoms with Gasteiger partial charge in [-0.1, -0.05) is 34.6 Å². The van der Waals surface area contributed by atoms with Crippen molar-refractivity contribution in [1.82, 2.24) is 5.32 Å². The molecule has 1 saturated heterocycles. The van der Waals surface area contributed by atoms with Crippen molar-refractivity contribution in [1.29, 1.82) is 0 Å². The Kier molecular flexibility index (Phi) is 16.9. The fourth-order valence-corrected chi connectivity index (χ4v) is 12.5. The van der Waals surface area contributed by atoms with E-state index in [0.29, 0.717) is 45.4 Å². The number of carbonyl (C=O) groups excluding carboxylic acids is 7. The second kappa shape index (κ2) is 21.5. The van der Waals surface area contributed by atoms with Crippen LogP contribution >= 0.6 is 0 Å². The first-order valence-electron chi connectivity index (χ1n) is 24.2. The summed E-state index contributed by atoms with van der Waals surface area (Å²) in [6, 6.07) is -0.915. The van der Waals surface area contributed by atoms with Crippen molar-refractivity contribution < 1.29 is 66.7 Å². The summed E-state index contributed by atoms with van der Waals surface area (Å²) < 4.78 is 36.8. The van der Waals surface area contributed by atoms with Crippen LogP contribution in [-0.2, 0) is 66.7 Å². The number of nitrogens with one attached hydrogen (secondary N) is 1. The van der Waals surface area contributed by atoms with Crippen molar-refractivity contribution in [2.24, 2.45) is 66.0 Å². The number of nitrogens with two attached hydrogens (primary N) is 1. The van der Waals surface area contributed by atoms with E-state index in [1.165, 1.54) is 49.8 Å². The van der Waals surface area contributed by atoms with Gasteiger partial charge in [0.05, 0.1) is 92.0 Å². The summed E-state index contributed by atoms with van der Waals surface area (Å²) in [4.78, 5) is 111. The van der Waals surface area contributed by atoms with Crippen LogP contribution in [0.4, 0.5) is 0 Å². The van der Waals surface area contributed by atoms with Gasteiger partial charge in [-0.3, -0.25) is 48.5 Å². The molecule has 3 N–H and O–H groups in total. The molecule has 8 bridgehead atoms. The molecule has 5 heterocycles. The summed E-state index contributed by atoms with van der Waals surface area (Å²) in [5.74, 6) is -6.12. The number of hydrogen-bond donors (Lipinski definition) is 2. The fraction of sp³-hybridized carbons (Fsp3) is 0.692. The predicted molar refractivity (Wildman–Crippen MR) is 261 cm³/mol. The van der Waals surface area contributed by atoms with Crippen LogP contribution in [0, 0.1) is 45.3 Å². The second-order valence-corrected chi connectivity index (χ2v) is 20.9. The lowest BCUT2D eigenvalue weighted by Crippen LogP contribution is -2.55. The zero-order chi connectivity index (χ0) is 53.2. The van der Waals surface area contributed by atoms with Gasteiger partial charge >= 0.3 is 41.8 Å². The molecule has 0 amide bonds. The standard InChI is InChI=1S/C52H75N5O14/c1-27-41-29(16-19-33(58)65-9)48(3,4)47(54-41)40(53)43-30(17-20-34(59)66-10)50(6,25-38(63)70-14)45(55-43)28(2)42-31(18-21-35(60)67-11)51(7,26-39(64)71-15)52(8,57-42)46-32(24-37(62)69-13)49(5,44(27)56-46)23-22-36(61)68-12/h29-32,46,55H,16-26,53H2,1-15H3/b41-27-,43-40?,45-28?/t29-,30-,31-,32+,46?,49-,50+,51+,52-/m1/s1. The first kappa shape index (κ1) is 56.0. The van der Waals surface area contributed by atoms with Crippen LogP contribution in [0.25, 0.3) is 0 Å². The first-order valence-corrected chi connectivity index (χ1v) is 24.2. The smallest absolute Gasteiger partial charge is 0.306 e. The van der Waals surface area contributed by atoms with E-state index in [9.17, 15) is 33.6 Å². The molecule has 5 aliphatic heterocycles. The molecule has 0 spiro atoms. The zero-order valence-corrected chi connectivity index (χ0v) is 44.3. The number of nitrogens with zero attached hydrogens (tertiary/aromatic N) is 3. The molecule has 0 aromatic rings. The Bertz CT molecular complexity index is 2400. The fourth-order valence-electron chi connectivity index (χ4n) is 12.5. The van der Waals surface area contributed by atoms with E-state index >= 15 is 0 Å². The van der Waals surface area contributed by atoms with E-state index in [0.717, 1.165) is 0 Å². The molecule has 5 rings (SSSR count). The maximum atomic E-state index is 14.0. The Hall–Kier alpha value is -5.88. The topological polar surface area (TPSA) is 259 Å². The first-order chi connectivity index (χ1) is 33.2. The Morgan fingerprint density at radius 3 is 1.58 bits per heavy atom. The monoisotopic (exact) mass is 994 g/mol. The van der Waals surface area contributed by atoms with Crippen molar-refractivity contribution >= 4 is 58.9 Å². The number of hydrogen-bond acceptors (Lipinski definition) is 19. The molecule has 0 aliphatic carbocycles. The maximum absolute atomic E-state index is 14.0. The van der Waals surface area contributed by atoms with Crippen molar-refractivity contribution in [3.8, 4) is 0 Å². The number of ether oxygens (including phenoxy) is 7. The molecule has 9 atom stereocenters. The van der Waals surface area contributed by atoms with Crippen LogP contribution in [0.2, 0.25) is 0 Å². The van der Waals surface area contributed by atoms with Gasteiger partial charge in [0.1, 0.15) is 0 Å². The minimum atomic E-state index is -1.40. The van der Waals surface area contributed by atoms with Gasteiger partial charge in [-0.05, 0) is 57.6 Å². The number of esters is 7. The second-order valence-electron chi connectivity index (χ2n) is 20.9. The van der Waals surface area contributed by atoms with E-state index in [4.69, 9.17) is 53.9 Å². The van der Waals surface area contributed by atoms with E-state index < -0.39 is 98.7 Å². The SMILES string of the molecule is COC(=O)CC[C@@H]1/C2=C(\C)C3=NC([C@H](CC(=O)OC)[C@@]3(C)CCC(=O)OC)[C@@]3(C)N=C(C(C)=C4NC(=C(N)C(=N2)C1(C)C)[C@@H](CCC(=O)OC)[C@]4(C)CC(=O)OC)[C@@H](CCC(=O)OC)[C@]3(C)CC(=O)OC. The van der Waals surface area contributed by atoms with E-state index in [1.807, 2.05) is 55.4 Å². The van der Waals surface area contributed by atoms with Gasteiger partial charge in [0.2, 0.25) is 0 Å². The van der Waals surface area contributed by atoms with Crippen LogP contribution in [0.5, 0.6) is 0 Å². The quantitative estimate of drug-likeness (QED) is 0.121. The molecule has 1 fully saturated rings. The number of allylic oxidation sites excluding steroid dienone is 6. The van der Waals surface area contributed by atoms with Crippen LogP contribution < -0.4 is 11.1 Å². The van der Waals surface area contributed by atoms with Gasteiger partial charge in [-0.2, -0.15) is 0 Å². The molecule has 5 aliphatic rings. The van der Waals surface area contributed by atoms with Crippen molar-refractivity contribution in [3.05, 3.63) is 33.9 Å². The highest BCUT2D eigenvalue weighted by Crippen LogP contribution is 2.63. The lowest BCUT2D eigenvalue weighted by atomic mass is 9.55. The zero-order valence-electron chi connectivity index (χ0n) is 44.3. The van der Waals surface area contributed by atoms with Crippen LogP contribution in [-0.4, -0.2) is 120 Å². The molecule has 19 heteroatoms. The Balaban J connectivity index is 2.08. The number of methoxy groups -OCH3 is 7. The summed E-state index contributed by atoms with van der Waals surface area (Å²) in [5.41, 5.74) is 6.28. The van der Waals surface area contributed by atoms with Crippen LogP contribution in [0.15, 0.2) is 48.9 Å². The molecule has 392 valence electrons. The summed E-state index contributed by atoms with van der Waals surface area (Å²) >= 11 is 0. The highest BCUT2D eigenvalue weighted by atomic mass is 16.5. The summed E-state index contributed by atoms with van der Waals surface area (Å²) in [7, 11) is 9.12. The minimum Gasteiger partial charge on any atom is -0.469 e. The Labute approximate surface area is 417 Å². The van der Waals surface area contributed by atoms with Crippen LogP contribution in [0.3, 0.4) is 0 Å². The van der Waals surface area contributed by atoms with Crippen molar-refractivity contribution in [3.63, 3.8) is 0 Å². The molecule has 0 saturated carbocycles. The van der Waals surface area contributed by atoms with E-state index in [-0.39, 0.29) is 76.3 Å². The predicted octanol–water partition coefficient (Wildman–Crippen LogP) is 5.82. The number of carbonyl (C=O) groups is 7. The van der Waals surface area contributed by atoms with E-state index in [2.05, 4.69) is 5.32 Å². The normalized spacial score (nSPS) is 31.5. The average molecular weight is 994 g/mol. The molecular weight excluding hydrogens is 919 g/mol. The van der Waals surface area contributed by atoms with Gasteiger partial charge in [0, 0.05) is 99.5 Å². The van der Waals surface area contributed by atoms with Crippen LogP contribution in [0.1, 0.15) is 126 Å². The highest BCUT2D eigenvalue weighted by Gasteiger charge is 2.67. The molecule has 0 aromatic heterocycles. The third kappa shape index (κ3) is 10.0. The Morgan fingerprint density at radius 2 is 1.06 bits per heavy atom. The van der Waals surface area contributed by atoms with Gasteiger partial charge < -0.3 is 44.2 Å². The minimum absolute atomic E-state index is 0.0258. The third-order valence-electron chi connectivity index (χ3n) is 17.0. The lowest BCUT2D eigenvalue weighted by Gasteiger charge is -2.48. The maximum Gasteiger partial charge on any atom is 0.306 e.